The summed E-state index contributed by atoms with van der Waals surface area (Å²) in [5, 5.41) is 3.20. The molecule has 0 bridgehead atoms. The highest BCUT2D eigenvalue weighted by atomic mass is 32.2. The van der Waals surface area contributed by atoms with Crippen LogP contribution in [0.15, 0.2) is 52.2 Å². The molecule has 1 aromatic carbocycles. The molecule has 0 radical (unpaired) electrons. The Morgan fingerprint density at radius 3 is 2.68 bits per heavy atom. The summed E-state index contributed by atoms with van der Waals surface area (Å²) in [6.45, 7) is 0. The van der Waals surface area contributed by atoms with Crippen LogP contribution in [0.5, 0.6) is 0 Å². The summed E-state index contributed by atoms with van der Waals surface area (Å²) in [6.07, 6.45) is 5.30. The molecule has 0 aliphatic heterocycles. The average molecular weight is 279 g/mol. The molecule has 19 heavy (non-hydrogen) atoms. The highest BCUT2D eigenvalue weighted by Gasteiger charge is 2.14. The third-order valence-corrected chi connectivity index (χ3v) is 4.17. The molecule has 1 heterocycles. The van der Waals surface area contributed by atoms with Crippen LogP contribution in [0.3, 0.4) is 0 Å². The van der Waals surface area contributed by atoms with Gasteiger partial charge in [0.05, 0.1) is 17.4 Å². The minimum absolute atomic E-state index is 0.0549. The van der Waals surface area contributed by atoms with Crippen molar-refractivity contribution in [2.45, 2.75) is 17.4 Å². The molecule has 102 valence electrons. The zero-order chi connectivity index (χ0) is 13.9. The number of furan rings is 1. The molecule has 0 fully saturated rings. The fraction of sp³-hybridized carbons (Fsp3) is 0.286. The van der Waals surface area contributed by atoms with Gasteiger partial charge in [-0.2, -0.15) is 0 Å². The van der Waals surface area contributed by atoms with E-state index < -0.39 is 9.84 Å². The summed E-state index contributed by atoms with van der Waals surface area (Å²) in [5.41, 5.74) is 2.02. The Morgan fingerprint density at radius 1 is 1.32 bits per heavy atom. The topological polar surface area (TPSA) is 59.3 Å². The van der Waals surface area contributed by atoms with E-state index in [1.54, 1.807) is 30.7 Å². The van der Waals surface area contributed by atoms with Crippen LogP contribution in [0.25, 0.3) is 0 Å². The molecular weight excluding hydrogens is 262 g/mol. The van der Waals surface area contributed by atoms with E-state index in [1.165, 1.54) is 6.26 Å². The van der Waals surface area contributed by atoms with Gasteiger partial charge in [0.15, 0.2) is 9.84 Å². The van der Waals surface area contributed by atoms with Crippen molar-refractivity contribution in [1.29, 1.82) is 0 Å². The molecule has 2 aromatic rings. The van der Waals surface area contributed by atoms with E-state index in [4.69, 9.17) is 4.42 Å². The normalized spacial score (nSPS) is 13.4. The molecule has 0 saturated heterocycles. The number of likely N-dealkylation sites (N-methyl/N-ethyl adjacent to an activating group) is 1. The Kier molecular flexibility index (Phi) is 4.07. The van der Waals surface area contributed by atoms with Crippen LogP contribution in [0.4, 0.5) is 0 Å². The second-order valence-corrected chi connectivity index (χ2v) is 6.54. The van der Waals surface area contributed by atoms with Crippen molar-refractivity contribution in [2.24, 2.45) is 0 Å². The number of rotatable bonds is 5. The van der Waals surface area contributed by atoms with Gasteiger partial charge in [-0.05, 0) is 42.8 Å². The monoisotopic (exact) mass is 279 g/mol. The van der Waals surface area contributed by atoms with Crippen molar-refractivity contribution < 1.29 is 12.8 Å². The Hall–Kier alpha value is -1.59. The van der Waals surface area contributed by atoms with E-state index in [0.717, 1.165) is 17.5 Å². The molecule has 1 aromatic heterocycles. The zero-order valence-electron chi connectivity index (χ0n) is 11.0. The van der Waals surface area contributed by atoms with E-state index in [-0.39, 0.29) is 6.04 Å². The molecule has 0 spiro atoms. The number of hydrogen-bond donors (Lipinski definition) is 1. The summed E-state index contributed by atoms with van der Waals surface area (Å²) in [6, 6.07) is 8.99. The second kappa shape index (κ2) is 5.59. The minimum atomic E-state index is -3.18. The SMILES string of the molecule is CNC(Cc1ccoc1)c1cccc(S(C)(=O)=O)c1. The van der Waals surface area contributed by atoms with Crippen LogP contribution < -0.4 is 5.32 Å². The summed E-state index contributed by atoms with van der Waals surface area (Å²) in [7, 11) is -1.32. The maximum atomic E-state index is 11.6. The number of benzene rings is 1. The number of sulfone groups is 1. The highest BCUT2D eigenvalue weighted by molar-refractivity contribution is 7.90. The number of hydrogen-bond acceptors (Lipinski definition) is 4. The van der Waals surface area contributed by atoms with Crippen LogP contribution in [0.1, 0.15) is 17.2 Å². The van der Waals surface area contributed by atoms with Crippen LogP contribution in [-0.2, 0) is 16.3 Å². The largest absolute Gasteiger partial charge is 0.472 e. The van der Waals surface area contributed by atoms with E-state index >= 15 is 0 Å². The maximum Gasteiger partial charge on any atom is 0.175 e. The van der Waals surface area contributed by atoms with Gasteiger partial charge in [0.2, 0.25) is 0 Å². The van der Waals surface area contributed by atoms with Gasteiger partial charge in [0.1, 0.15) is 0 Å². The van der Waals surface area contributed by atoms with Gasteiger partial charge in [-0.1, -0.05) is 12.1 Å². The third kappa shape index (κ3) is 3.45. The summed E-state index contributed by atoms with van der Waals surface area (Å²) in [5.74, 6) is 0. The van der Waals surface area contributed by atoms with E-state index in [0.29, 0.717) is 4.90 Å². The molecule has 1 N–H and O–H groups in total. The molecule has 4 nitrogen and oxygen atoms in total. The van der Waals surface area contributed by atoms with Gasteiger partial charge in [-0.15, -0.1) is 0 Å². The molecule has 0 aliphatic carbocycles. The van der Waals surface area contributed by atoms with Gasteiger partial charge in [0.25, 0.3) is 0 Å². The Bertz CT molecular complexity index is 632. The van der Waals surface area contributed by atoms with Gasteiger partial charge < -0.3 is 9.73 Å². The quantitative estimate of drug-likeness (QED) is 0.911. The third-order valence-electron chi connectivity index (χ3n) is 3.06. The van der Waals surface area contributed by atoms with E-state index in [2.05, 4.69) is 5.32 Å². The Balaban J connectivity index is 2.28. The fourth-order valence-electron chi connectivity index (χ4n) is 1.99. The Labute approximate surface area is 113 Å². The second-order valence-electron chi connectivity index (χ2n) is 4.52. The predicted octanol–water partition coefficient (Wildman–Crippen LogP) is 2.19. The summed E-state index contributed by atoms with van der Waals surface area (Å²) < 4.78 is 28.2. The highest BCUT2D eigenvalue weighted by Crippen LogP contribution is 2.21. The predicted molar refractivity (Wildman–Crippen MR) is 73.8 cm³/mol. The molecular formula is C14H17NO3S. The van der Waals surface area contributed by atoms with E-state index in [1.807, 2.05) is 19.2 Å². The van der Waals surface area contributed by atoms with Crippen molar-refractivity contribution >= 4 is 9.84 Å². The van der Waals surface area contributed by atoms with E-state index in [9.17, 15) is 8.42 Å². The van der Waals surface area contributed by atoms with Crippen LogP contribution in [0.2, 0.25) is 0 Å². The number of nitrogens with one attached hydrogen (secondary N) is 1. The molecule has 5 heteroatoms. The molecule has 1 atom stereocenters. The van der Waals surface area contributed by atoms with Gasteiger partial charge in [-0.25, -0.2) is 8.42 Å². The summed E-state index contributed by atoms with van der Waals surface area (Å²) in [4.78, 5) is 0.345. The van der Waals surface area contributed by atoms with Crippen molar-refractivity contribution in [3.8, 4) is 0 Å². The summed E-state index contributed by atoms with van der Waals surface area (Å²) >= 11 is 0. The van der Waals surface area contributed by atoms with Crippen molar-refractivity contribution in [1.82, 2.24) is 5.32 Å². The minimum Gasteiger partial charge on any atom is -0.472 e. The van der Waals surface area contributed by atoms with Gasteiger partial charge in [0, 0.05) is 12.3 Å². The zero-order valence-corrected chi connectivity index (χ0v) is 11.8. The molecule has 0 amide bonds. The lowest BCUT2D eigenvalue weighted by atomic mass is 10.0. The lowest BCUT2D eigenvalue weighted by molar-refractivity contribution is 0.551. The van der Waals surface area contributed by atoms with Gasteiger partial charge in [-0.3, -0.25) is 0 Å². The fourth-order valence-corrected chi connectivity index (χ4v) is 2.67. The first-order chi connectivity index (χ1) is 9.00. The molecule has 2 rings (SSSR count). The lowest BCUT2D eigenvalue weighted by Crippen LogP contribution is -2.19. The lowest BCUT2D eigenvalue weighted by Gasteiger charge is -2.16. The maximum absolute atomic E-state index is 11.6. The van der Waals surface area contributed by atoms with Crippen molar-refractivity contribution in [3.05, 3.63) is 54.0 Å². The van der Waals surface area contributed by atoms with Gasteiger partial charge >= 0.3 is 0 Å². The van der Waals surface area contributed by atoms with Crippen LogP contribution in [0, 0.1) is 0 Å². The Morgan fingerprint density at radius 2 is 2.11 bits per heavy atom. The van der Waals surface area contributed by atoms with Crippen LogP contribution in [-0.4, -0.2) is 21.7 Å². The standard InChI is InChI=1S/C14H17NO3S/c1-15-14(8-11-6-7-18-10-11)12-4-3-5-13(9-12)19(2,16)17/h3-7,9-10,14-15H,8H2,1-2H3. The van der Waals surface area contributed by atoms with Crippen LogP contribution >= 0.6 is 0 Å². The molecule has 0 saturated carbocycles. The average Bonchev–Trinajstić information content (AvgIpc) is 2.88. The van der Waals surface area contributed by atoms with Crippen molar-refractivity contribution in [2.75, 3.05) is 13.3 Å². The van der Waals surface area contributed by atoms with Crippen molar-refractivity contribution in [3.63, 3.8) is 0 Å². The first-order valence-corrected chi connectivity index (χ1v) is 7.88. The molecule has 0 aliphatic rings. The first-order valence-electron chi connectivity index (χ1n) is 5.99. The molecule has 1 unspecified atom stereocenters. The smallest absolute Gasteiger partial charge is 0.175 e. The first kappa shape index (κ1) is 13.8.